The Morgan fingerprint density at radius 3 is 2.21 bits per heavy atom. The molecule has 1 saturated heterocycles. The summed E-state index contributed by atoms with van der Waals surface area (Å²) in [5, 5.41) is 6.37. The number of alkyl halides is 3. The summed E-state index contributed by atoms with van der Waals surface area (Å²) in [6, 6.07) is 0. The molecule has 8 heteroatoms. The molecule has 1 heterocycles. The van der Waals surface area contributed by atoms with E-state index in [1.165, 1.54) is 19.3 Å². The molecule has 0 aromatic heterocycles. The topological polar surface area (TPSA) is 39.7 Å². The van der Waals surface area contributed by atoms with Crippen LogP contribution in [0.15, 0.2) is 4.99 Å². The molecule has 2 N–H and O–H groups in total. The van der Waals surface area contributed by atoms with Crippen molar-refractivity contribution in [3.63, 3.8) is 0 Å². The van der Waals surface area contributed by atoms with E-state index in [1.807, 2.05) is 0 Å². The molecule has 0 amide bonds. The van der Waals surface area contributed by atoms with Crippen LogP contribution in [0.1, 0.15) is 52.4 Å². The van der Waals surface area contributed by atoms with Crippen molar-refractivity contribution in [1.29, 1.82) is 0 Å². The number of aliphatic imine (C=N–C) groups is 1. The van der Waals surface area contributed by atoms with Gasteiger partial charge in [0.15, 0.2) is 5.96 Å². The van der Waals surface area contributed by atoms with Crippen LogP contribution in [0.2, 0.25) is 0 Å². The molecule has 1 aliphatic heterocycles. The third-order valence-corrected chi connectivity index (χ3v) is 4.30. The zero-order chi connectivity index (χ0) is 17.3. The average molecular weight is 464 g/mol. The fraction of sp³-hybridized carbons (Fsp3) is 0.938. The molecular weight excluding hydrogens is 432 g/mol. The second kappa shape index (κ2) is 11.4. The lowest BCUT2D eigenvalue weighted by molar-refractivity contribution is -0.135. The minimum Gasteiger partial charge on any atom is -0.356 e. The van der Waals surface area contributed by atoms with E-state index in [4.69, 9.17) is 0 Å². The smallest absolute Gasteiger partial charge is 0.356 e. The lowest BCUT2D eigenvalue weighted by atomic mass is 9.98. The van der Waals surface area contributed by atoms with Crippen molar-refractivity contribution in [2.75, 3.05) is 33.2 Å². The third-order valence-electron chi connectivity index (χ3n) is 4.30. The lowest BCUT2D eigenvalue weighted by Gasteiger charge is -2.41. The van der Waals surface area contributed by atoms with Crippen LogP contribution in [0.5, 0.6) is 0 Å². The van der Waals surface area contributed by atoms with E-state index in [-0.39, 0.29) is 35.9 Å². The average Bonchev–Trinajstić information content (AvgIpc) is 2.50. The highest BCUT2D eigenvalue weighted by molar-refractivity contribution is 14.0. The third kappa shape index (κ3) is 9.90. The van der Waals surface area contributed by atoms with Crippen molar-refractivity contribution in [2.45, 2.75) is 64.1 Å². The number of hydrogen-bond donors (Lipinski definition) is 2. The zero-order valence-electron chi connectivity index (χ0n) is 15.0. The van der Waals surface area contributed by atoms with Gasteiger partial charge in [-0.2, -0.15) is 13.2 Å². The van der Waals surface area contributed by atoms with Crippen molar-refractivity contribution < 1.29 is 13.2 Å². The largest absolute Gasteiger partial charge is 0.389 e. The van der Waals surface area contributed by atoms with Crippen LogP contribution in [-0.4, -0.2) is 55.8 Å². The highest BCUT2D eigenvalue weighted by Crippen LogP contribution is 2.22. The summed E-state index contributed by atoms with van der Waals surface area (Å²) < 4.78 is 36.2. The van der Waals surface area contributed by atoms with E-state index in [2.05, 4.69) is 34.4 Å². The second-order valence-corrected chi connectivity index (χ2v) is 6.78. The molecule has 0 aliphatic carbocycles. The molecule has 1 rings (SSSR count). The predicted molar refractivity (Wildman–Crippen MR) is 104 cm³/mol. The standard InChI is InChI=1S/C16H31F3N4.HI/c1-15(2,23-11-7-4-8-12-23)13-22-14(20-3)21-10-6-5-9-16(17,18)19;/h4-13H2,1-3H3,(H2,20,21,22);1H. The molecule has 0 aromatic carbocycles. The number of unbranched alkanes of at least 4 members (excludes halogenated alkanes) is 1. The van der Waals surface area contributed by atoms with Crippen molar-refractivity contribution >= 4 is 29.9 Å². The number of rotatable bonds is 7. The number of piperidine rings is 1. The molecule has 0 bridgehead atoms. The maximum Gasteiger partial charge on any atom is 0.389 e. The molecule has 0 saturated carbocycles. The summed E-state index contributed by atoms with van der Waals surface area (Å²) in [4.78, 5) is 6.62. The first-order valence-corrected chi connectivity index (χ1v) is 8.51. The Labute approximate surface area is 161 Å². The number of nitrogens with one attached hydrogen (secondary N) is 2. The van der Waals surface area contributed by atoms with Crippen LogP contribution in [0.25, 0.3) is 0 Å². The van der Waals surface area contributed by atoms with Gasteiger partial charge in [0.05, 0.1) is 0 Å². The van der Waals surface area contributed by atoms with E-state index in [9.17, 15) is 13.2 Å². The number of nitrogens with zero attached hydrogens (tertiary/aromatic N) is 2. The molecule has 4 nitrogen and oxygen atoms in total. The van der Waals surface area contributed by atoms with Gasteiger partial charge < -0.3 is 10.6 Å². The Morgan fingerprint density at radius 2 is 1.67 bits per heavy atom. The zero-order valence-corrected chi connectivity index (χ0v) is 17.3. The van der Waals surface area contributed by atoms with Crippen LogP contribution in [-0.2, 0) is 0 Å². The Bertz CT molecular complexity index is 367. The molecule has 0 atom stereocenters. The summed E-state index contributed by atoms with van der Waals surface area (Å²) in [7, 11) is 1.68. The highest BCUT2D eigenvalue weighted by atomic mass is 127. The summed E-state index contributed by atoms with van der Waals surface area (Å²) in [5.74, 6) is 0.655. The minimum absolute atomic E-state index is 0. The number of guanidine groups is 1. The van der Waals surface area contributed by atoms with E-state index < -0.39 is 12.6 Å². The van der Waals surface area contributed by atoms with E-state index in [0.717, 1.165) is 19.6 Å². The Kier molecular flexibility index (Phi) is 11.3. The van der Waals surface area contributed by atoms with Crippen LogP contribution >= 0.6 is 24.0 Å². The molecule has 24 heavy (non-hydrogen) atoms. The SMILES string of the molecule is CN=C(NCCCCC(F)(F)F)NCC(C)(C)N1CCCCC1.I. The normalized spacial score (nSPS) is 17.3. The Balaban J connectivity index is 0.00000529. The second-order valence-electron chi connectivity index (χ2n) is 6.78. The summed E-state index contributed by atoms with van der Waals surface area (Å²) in [6.45, 7) is 7.93. The maximum absolute atomic E-state index is 12.1. The fourth-order valence-corrected chi connectivity index (χ4v) is 2.79. The molecule has 1 fully saturated rings. The minimum atomic E-state index is -4.06. The van der Waals surface area contributed by atoms with Crippen LogP contribution in [0, 0.1) is 0 Å². The summed E-state index contributed by atoms with van der Waals surface area (Å²) >= 11 is 0. The number of likely N-dealkylation sites (tertiary alicyclic amines) is 1. The molecule has 144 valence electrons. The predicted octanol–water partition coefficient (Wildman–Crippen LogP) is 3.77. The number of hydrogen-bond acceptors (Lipinski definition) is 2. The van der Waals surface area contributed by atoms with Crippen molar-refractivity contribution in [3.8, 4) is 0 Å². The van der Waals surface area contributed by atoms with Gasteiger partial charge in [-0.05, 0) is 52.6 Å². The number of halogens is 4. The van der Waals surface area contributed by atoms with Gasteiger partial charge in [0.2, 0.25) is 0 Å². The molecule has 0 radical (unpaired) electrons. The van der Waals surface area contributed by atoms with Crippen LogP contribution in [0.4, 0.5) is 13.2 Å². The first-order chi connectivity index (χ1) is 10.7. The summed E-state index contributed by atoms with van der Waals surface area (Å²) in [5.41, 5.74) is 0.0360. The van der Waals surface area contributed by atoms with Gasteiger partial charge in [-0.1, -0.05) is 6.42 Å². The quantitative estimate of drug-likeness (QED) is 0.261. The molecule has 0 spiro atoms. The Morgan fingerprint density at radius 1 is 1.04 bits per heavy atom. The van der Waals surface area contributed by atoms with Gasteiger partial charge in [-0.15, -0.1) is 24.0 Å². The van der Waals surface area contributed by atoms with Crippen molar-refractivity contribution in [2.24, 2.45) is 4.99 Å². The molecule has 1 aliphatic rings. The van der Waals surface area contributed by atoms with Gasteiger partial charge in [0.1, 0.15) is 0 Å². The van der Waals surface area contributed by atoms with Gasteiger partial charge in [-0.3, -0.25) is 9.89 Å². The molecule has 0 aromatic rings. The molecular formula is C16H32F3IN4. The van der Waals surface area contributed by atoms with Crippen LogP contribution in [0.3, 0.4) is 0 Å². The van der Waals surface area contributed by atoms with Gasteiger partial charge in [-0.25, -0.2) is 0 Å². The van der Waals surface area contributed by atoms with E-state index >= 15 is 0 Å². The highest BCUT2D eigenvalue weighted by Gasteiger charge is 2.28. The summed E-state index contributed by atoms with van der Waals surface area (Å²) in [6.07, 6.45) is -0.351. The van der Waals surface area contributed by atoms with Crippen LogP contribution < -0.4 is 10.6 Å². The van der Waals surface area contributed by atoms with Gasteiger partial charge in [0.25, 0.3) is 0 Å². The van der Waals surface area contributed by atoms with Gasteiger partial charge >= 0.3 is 6.18 Å². The molecule has 0 unspecified atom stereocenters. The monoisotopic (exact) mass is 464 g/mol. The van der Waals surface area contributed by atoms with E-state index in [0.29, 0.717) is 18.9 Å². The van der Waals surface area contributed by atoms with Gasteiger partial charge in [0, 0.05) is 32.1 Å². The fourth-order valence-electron chi connectivity index (χ4n) is 2.79. The van der Waals surface area contributed by atoms with Crippen molar-refractivity contribution in [3.05, 3.63) is 0 Å². The first-order valence-electron chi connectivity index (χ1n) is 8.51. The van der Waals surface area contributed by atoms with Crippen molar-refractivity contribution in [1.82, 2.24) is 15.5 Å². The lowest BCUT2D eigenvalue weighted by Crippen LogP contribution is -2.54. The Hall–Kier alpha value is -0.250. The first kappa shape index (κ1) is 23.8. The maximum atomic E-state index is 12.1. The van der Waals surface area contributed by atoms with E-state index in [1.54, 1.807) is 7.05 Å².